The molecule has 2 aromatic heterocycles. The van der Waals surface area contributed by atoms with E-state index in [0.717, 1.165) is 35.2 Å². The predicted molar refractivity (Wildman–Crippen MR) is 86.7 cm³/mol. The first-order chi connectivity index (χ1) is 10.0. The highest BCUT2D eigenvalue weighted by Gasteiger charge is 2.05. The second kappa shape index (κ2) is 7.52. The summed E-state index contributed by atoms with van der Waals surface area (Å²) < 4.78 is 5.72. The number of aromatic nitrogens is 2. The average Bonchev–Trinajstić information content (AvgIpc) is 2.77. The first-order valence-corrected chi connectivity index (χ1v) is 8.07. The van der Waals surface area contributed by atoms with Gasteiger partial charge >= 0.3 is 0 Å². The van der Waals surface area contributed by atoms with Crippen LogP contribution in [-0.2, 0) is 13.2 Å². The van der Waals surface area contributed by atoms with Gasteiger partial charge in [-0.1, -0.05) is 13.8 Å². The highest BCUT2D eigenvalue weighted by Crippen LogP contribution is 2.18. The summed E-state index contributed by atoms with van der Waals surface area (Å²) in [5, 5.41) is 4.38. The molecule has 0 aliphatic heterocycles. The Morgan fingerprint density at radius 1 is 1.29 bits per heavy atom. The van der Waals surface area contributed by atoms with Gasteiger partial charge < -0.3 is 10.1 Å². The van der Waals surface area contributed by atoms with E-state index in [1.54, 1.807) is 17.5 Å². The van der Waals surface area contributed by atoms with Crippen molar-refractivity contribution in [1.29, 1.82) is 0 Å². The van der Waals surface area contributed by atoms with Crippen LogP contribution in [0.5, 0.6) is 5.75 Å². The molecule has 2 aromatic rings. The largest absolute Gasteiger partial charge is 0.485 e. The van der Waals surface area contributed by atoms with Crippen LogP contribution in [0.3, 0.4) is 0 Å². The Hall–Kier alpha value is -1.46. The van der Waals surface area contributed by atoms with E-state index in [1.165, 1.54) is 4.88 Å². The van der Waals surface area contributed by atoms with Crippen LogP contribution in [-0.4, -0.2) is 16.5 Å². The molecule has 4 nitrogen and oxygen atoms in total. The van der Waals surface area contributed by atoms with Crippen LogP contribution >= 0.6 is 11.3 Å². The number of ether oxygens (including phenoxy) is 1. The zero-order valence-corrected chi connectivity index (χ0v) is 14.0. The minimum Gasteiger partial charge on any atom is -0.485 e. The Morgan fingerprint density at radius 3 is 2.67 bits per heavy atom. The standard InChI is InChI=1S/C16H23N3OS/c1-11(2)7-17-8-14-5-6-15(9-18-14)20-10-16-19-12(3)13(4)21-16/h5-6,9,11,17H,7-8,10H2,1-4H3. The fraction of sp³-hybridized carbons (Fsp3) is 0.500. The van der Waals surface area contributed by atoms with Crippen molar-refractivity contribution < 1.29 is 4.74 Å². The molecule has 0 atom stereocenters. The second-order valence-corrected chi connectivity index (χ2v) is 6.84. The van der Waals surface area contributed by atoms with E-state index in [-0.39, 0.29) is 0 Å². The molecule has 0 aliphatic rings. The summed E-state index contributed by atoms with van der Waals surface area (Å²) in [5.41, 5.74) is 2.12. The number of hydrogen-bond donors (Lipinski definition) is 1. The number of nitrogens with one attached hydrogen (secondary N) is 1. The first-order valence-electron chi connectivity index (χ1n) is 7.26. The summed E-state index contributed by atoms with van der Waals surface area (Å²) in [6.07, 6.45) is 1.78. The summed E-state index contributed by atoms with van der Waals surface area (Å²) in [5.74, 6) is 1.44. The molecule has 0 bridgehead atoms. The lowest BCUT2D eigenvalue weighted by atomic mass is 10.2. The summed E-state index contributed by atoms with van der Waals surface area (Å²) in [4.78, 5) is 10.1. The molecule has 0 unspecified atom stereocenters. The molecule has 0 aromatic carbocycles. The smallest absolute Gasteiger partial charge is 0.140 e. The van der Waals surface area contributed by atoms with E-state index < -0.39 is 0 Å². The van der Waals surface area contributed by atoms with Crippen LogP contribution in [0, 0.1) is 19.8 Å². The lowest BCUT2D eigenvalue weighted by Gasteiger charge is -2.08. The van der Waals surface area contributed by atoms with E-state index in [1.807, 2.05) is 19.1 Å². The molecule has 0 spiro atoms. The summed E-state index contributed by atoms with van der Waals surface area (Å²) >= 11 is 1.68. The Morgan fingerprint density at radius 2 is 2.10 bits per heavy atom. The first kappa shape index (κ1) is 15.9. The van der Waals surface area contributed by atoms with Crippen molar-refractivity contribution in [2.45, 2.75) is 40.8 Å². The number of thiazole rings is 1. The maximum absolute atomic E-state index is 5.72. The lowest BCUT2D eigenvalue weighted by molar-refractivity contribution is 0.304. The third-order valence-corrected chi connectivity index (χ3v) is 4.14. The molecule has 21 heavy (non-hydrogen) atoms. The van der Waals surface area contributed by atoms with E-state index in [2.05, 4.69) is 36.1 Å². The van der Waals surface area contributed by atoms with E-state index in [4.69, 9.17) is 4.74 Å². The average molecular weight is 305 g/mol. The van der Waals surface area contributed by atoms with Crippen LogP contribution in [0.25, 0.3) is 0 Å². The molecular weight excluding hydrogens is 282 g/mol. The zero-order valence-electron chi connectivity index (χ0n) is 13.1. The minimum absolute atomic E-state index is 0.506. The molecule has 2 heterocycles. The summed E-state index contributed by atoms with van der Waals surface area (Å²) in [6.45, 7) is 10.8. The topological polar surface area (TPSA) is 47.0 Å². The van der Waals surface area contributed by atoms with Crippen molar-refractivity contribution in [3.05, 3.63) is 39.6 Å². The molecule has 0 amide bonds. The van der Waals surface area contributed by atoms with E-state index in [0.29, 0.717) is 12.5 Å². The van der Waals surface area contributed by atoms with Crippen LogP contribution in [0.1, 0.15) is 35.1 Å². The normalized spacial score (nSPS) is 11.1. The second-order valence-electron chi connectivity index (χ2n) is 5.55. The molecule has 0 fully saturated rings. The van der Waals surface area contributed by atoms with Gasteiger partial charge in [0.1, 0.15) is 17.4 Å². The zero-order chi connectivity index (χ0) is 15.2. The van der Waals surface area contributed by atoms with Gasteiger partial charge in [-0.2, -0.15) is 0 Å². The molecule has 0 radical (unpaired) electrons. The SMILES string of the molecule is Cc1nc(COc2ccc(CNCC(C)C)nc2)sc1C. The third-order valence-electron chi connectivity index (χ3n) is 3.09. The number of nitrogens with zero attached hydrogens (tertiary/aromatic N) is 2. The van der Waals surface area contributed by atoms with Gasteiger partial charge in [-0.05, 0) is 38.4 Å². The Balaban J connectivity index is 1.82. The quantitative estimate of drug-likeness (QED) is 0.851. The summed E-state index contributed by atoms with van der Waals surface area (Å²) in [6, 6.07) is 3.97. The lowest BCUT2D eigenvalue weighted by Crippen LogP contribution is -2.19. The van der Waals surface area contributed by atoms with Gasteiger partial charge in [0, 0.05) is 11.4 Å². The van der Waals surface area contributed by atoms with Crippen molar-refractivity contribution in [1.82, 2.24) is 15.3 Å². The molecule has 114 valence electrons. The Kier molecular flexibility index (Phi) is 5.70. The van der Waals surface area contributed by atoms with Crippen LogP contribution in [0.4, 0.5) is 0 Å². The fourth-order valence-electron chi connectivity index (χ4n) is 1.84. The van der Waals surface area contributed by atoms with Gasteiger partial charge in [0.15, 0.2) is 0 Å². The number of pyridine rings is 1. The van der Waals surface area contributed by atoms with Crippen LogP contribution in [0.15, 0.2) is 18.3 Å². The van der Waals surface area contributed by atoms with Crippen molar-refractivity contribution in [2.75, 3.05) is 6.54 Å². The van der Waals surface area contributed by atoms with Gasteiger partial charge in [0.05, 0.1) is 17.6 Å². The minimum atomic E-state index is 0.506. The highest BCUT2D eigenvalue weighted by molar-refractivity contribution is 7.11. The molecule has 5 heteroatoms. The van der Waals surface area contributed by atoms with Crippen molar-refractivity contribution in [2.24, 2.45) is 5.92 Å². The molecule has 0 saturated carbocycles. The van der Waals surface area contributed by atoms with Gasteiger partial charge in [-0.3, -0.25) is 4.98 Å². The Labute approximate surface area is 130 Å². The molecule has 0 saturated heterocycles. The number of hydrogen-bond acceptors (Lipinski definition) is 5. The number of aryl methyl sites for hydroxylation is 2. The maximum atomic E-state index is 5.72. The van der Waals surface area contributed by atoms with Gasteiger partial charge in [-0.25, -0.2) is 4.98 Å². The van der Waals surface area contributed by atoms with E-state index in [9.17, 15) is 0 Å². The van der Waals surface area contributed by atoms with Crippen molar-refractivity contribution in [3.63, 3.8) is 0 Å². The molecule has 1 N–H and O–H groups in total. The molecule has 0 aliphatic carbocycles. The fourth-order valence-corrected chi connectivity index (χ4v) is 2.68. The third kappa shape index (κ3) is 5.10. The van der Waals surface area contributed by atoms with Crippen molar-refractivity contribution in [3.8, 4) is 5.75 Å². The van der Waals surface area contributed by atoms with Crippen LogP contribution in [0.2, 0.25) is 0 Å². The monoisotopic (exact) mass is 305 g/mol. The number of rotatable bonds is 7. The molecule has 2 rings (SSSR count). The van der Waals surface area contributed by atoms with Crippen LogP contribution < -0.4 is 10.1 Å². The summed E-state index contributed by atoms with van der Waals surface area (Å²) in [7, 11) is 0. The maximum Gasteiger partial charge on any atom is 0.140 e. The van der Waals surface area contributed by atoms with Gasteiger partial charge in [0.2, 0.25) is 0 Å². The molecular formula is C16H23N3OS. The van der Waals surface area contributed by atoms with Crippen molar-refractivity contribution >= 4 is 11.3 Å². The van der Waals surface area contributed by atoms with Gasteiger partial charge in [0.25, 0.3) is 0 Å². The highest BCUT2D eigenvalue weighted by atomic mass is 32.1. The van der Waals surface area contributed by atoms with E-state index >= 15 is 0 Å². The Bertz CT molecular complexity index is 544. The predicted octanol–water partition coefficient (Wildman–Crippen LogP) is 3.48. The van der Waals surface area contributed by atoms with Gasteiger partial charge in [-0.15, -0.1) is 11.3 Å².